The Labute approximate surface area is 163 Å². The molecule has 0 heterocycles. The molecule has 0 saturated heterocycles. The molecule has 0 aliphatic rings. The van der Waals surface area contributed by atoms with E-state index in [9.17, 15) is 14.4 Å². The Morgan fingerprint density at radius 3 is 2.18 bits per heavy atom. The van der Waals surface area contributed by atoms with E-state index in [2.05, 4.69) is 5.32 Å². The van der Waals surface area contributed by atoms with E-state index >= 15 is 0 Å². The Balaban J connectivity index is 1.62. The van der Waals surface area contributed by atoms with Crippen LogP contribution in [0.2, 0.25) is 0 Å². The van der Waals surface area contributed by atoms with Gasteiger partial charge in [0.05, 0.1) is 5.56 Å². The minimum atomic E-state index is -0.629. The Morgan fingerprint density at radius 2 is 1.46 bits per heavy atom. The summed E-state index contributed by atoms with van der Waals surface area (Å²) in [5, 5.41) is 2.75. The zero-order chi connectivity index (χ0) is 19.9. The molecule has 0 unspecified atom stereocenters. The maximum atomic E-state index is 12.3. The second kappa shape index (κ2) is 8.77. The summed E-state index contributed by atoms with van der Waals surface area (Å²) in [5.74, 6) is -1.18. The van der Waals surface area contributed by atoms with Crippen LogP contribution in [0.4, 0.5) is 5.69 Å². The number of hydrogen-bond donors (Lipinski definition) is 1. The second-order valence-corrected chi connectivity index (χ2v) is 6.27. The van der Waals surface area contributed by atoms with Crippen LogP contribution in [0.1, 0.15) is 36.6 Å². The fourth-order valence-electron chi connectivity index (χ4n) is 2.55. The van der Waals surface area contributed by atoms with Crippen molar-refractivity contribution in [2.24, 2.45) is 0 Å². The van der Waals surface area contributed by atoms with Crippen LogP contribution in [-0.2, 0) is 4.74 Å². The quantitative estimate of drug-likeness (QED) is 0.517. The maximum absolute atomic E-state index is 12.3. The van der Waals surface area contributed by atoms with E-state index in [4.69, 9.17) is 4.74 Å². The third-order valence-corrected chi connectivity index (χ3v) is 4.10. The fraction of sp³-hybridized carbons (Fsp3) is 0.0870. The number of anilines is 1. The molecule has 0 aliphatic heterocycles. The first-order valence-corrected chi connectivity index (χ1v) is 8.76. The predicted octanol–water partition coefficient (Wildman–Crippen LogP) is 4.29. The van der Waals surface area contributed by atoms with Crippen molar-refractivity contribution in [1.29, 1.82) is 0 Å². The predicted molar refractivity (Wildman–Crippen MR) is 107 cm³/mol. The molecule has 0 atom stereocenters. The van der Waals surface area contributed by atoms with Crippen molar-refractivity contribution in [1.82, 2.24) is 0 Å². The summed E-state index contributed by atoms with van der Waals surface area (Å²) in [4.78, 5) is 36.6. The van der Waals surface area contributed by atoms with Crippen molar-refractivity contribution in [3.63, 3.8) is 0 Å². The number of aryl methyl sites for hydroxylation is 1. The molecule has 5 nitrogen and oxygen atoms in total. The smallest absolute Gasteiger partial charge is 0.338 e. The number of rotatable bonds is 6. The Hall–Kier alpha value is -3.73. The lowest BCUT2D eigenvalue weighted by molar-refractivity contribution is 0.0474. The molecule has 0 radical (unpaired) electrons. The summed E-state index contributed by atoms with van der Waals surface area (Å²) < 4.78 is 5.10. The zero-order valence-electron chi connectivity index (χ0n) is 15.3. The standard InChI is InChI=1S/C23H19NO4/c1-16-10-12-18(13-11-16)22(26)24-20-9-5-8-19(14-20)23(27)28-15-21(25)17-6-3-2-4-7-17/h2-14H,15H2,1H3,(H,24,26). The number of Topliss-reactive ketones (excluding diaryl/α,β-unsaturated/α-hetero) is 1. The topological polar surface area (TPSA) is 72.5 Å². The molecule has 28 heavy (non-hydrogen) atoms. The molecule has 1 N–H and O–H groups in total. The zero-order valence-corrected chi connectivity index (χ0v) is 15.3. The van der Waals surface area contributed by atoms with Gasteiger partial charge in [0, 0.05) is 16.8 Å². The van der Waals surface area contributed by atoms with Gasteiger partial charge in [0.1, 0.15) is 0 Å². The van der Waals surface area contributed by atoms with Crippen molar-refractivity contribution in [2.45, 2.75) is 6.92 Å². The molecule has 140 valence electrons. The highest BCUT2D eigenvalue weighted by molar-refractivity contribution is 6.05. The summed E-state index contributed by atoms with van der Waals surface area (Å²) in [5.41, 5.74) is 2.78. The highest BCUT2D eigenvalue weighted by Crippen LogP contribution is 2.14. The molecule has 0 bridgehead atoms. The minimum Gasteiger partial charge on any atom is -0.454 e. The van der Waals surface area contributed by atoms with Gasteiger partial charge in [-0.2, -0.15) is 0 Å². The van der Waals surface area contributed by atoms with Gasteiger partial charge in [-0.05, 0) is 37.3 Å². The maximum Gasteiger partial charge on any atom is 0.338 e. The molecule has 0 aliphatic carbocycles. The third-order valence-electron chi connectivity index (χ3n) is 4.10. The van der Waals surface area contributed by atoms with Crippen LogP contribution < -0.4 is 5.32 Å². The number of ketones is 1. The Morgan fingerprint density at radius 1 is 0.786 bits per heavy atom. The van der Waals surface area contributed by atoms with Gasteiger partial charge in [-0.25, -0.2) is 4.79 Å². The molecular formula is C23H19NO4. The van der Waals surface area contributed by atoms with Gasteiger partial charge < -0.3 is 10.1 Å². The SMILES string of the molecule is Cc1ccc(C(=O)Nc2cccc(C(=O)OCC(=O)c3ccccc3)c2)cc1. The number of ether oxygens (including phenoxy) is 1. The first kappa shape index (κ1) is 19.0. The summed E-state index contributed by atoms with van der Waals surface area (Å²) in [7, 11) is 0. The molecule has 0 spiro atoms. The first-order valence-electron chi connectivity index (χ1n) is 8.76. The van der Waals surface area contributed by atoms with Crippen molar-refractivity contribution >= 4 is 23.3 Å². The first-order chi connectivity index (χ1) is 13.5. The fourth-order valence-corrected chi connectivity index (χ4v) is 2.55. The molecule has 1 amide bonds. The lowest BCUT2D eigenvalue weighted by Gasteiger charge is -2.08. The molecule has 3 aromatic rings. The number of esters is 1. The van der Waals surface area contributed by atoms with Gasteiger partial charge in [-0.1, -0.05) is 54.1 Å². The molecule has 5 heteroatoms. The van der Waals surface area contributed by atoms with Gasteiger partial charge in [-0.15, -0.1) is 0 Å². The van der Waals surface area contributed by atoms with Crippen molar-refractivity contribution in [3.8, 4) is 0 Å². The lowest BCUT2D eigenvalue weighted by Crippen LogP contribution is -2.15. The summed E-state index contributed by atoms with van der Waals surface area (Å²) in [6, 6.07) is 22.2. The Bertz CT molecular complexity index is 995. The number of hydrogen-bond acceptors (Lipinski definition) is 4. The monoisotopic (exact) mass is 373 g/mol. The van der Waals surface area contributed by atoms with Gasteiger partial charge in [-0.3, -0.25) is 9.59 Å². The highest BCUT2D eigenvalue weighted by Gasteiger charge is 2.13. The van der Waals surface area contributed by atoms with Crippen LogP contribution in [0.25, 0.3) is 0 Å². The van der Waals surface area contributed by atoms with E-state index in [1.54, 1.807) is 60.7 Å². The van der Waals surface area contributed by atoms with Gasteiger partial charge >= 0.3 is 5.97 Å². The minimum absolute atomic E-state index is 0.252. The largest absolute Gasteiger partial charge is 0.454 e. The number of nitrogens with one attached hydrogen (secondary N) is 1. The summed E-state index contributed by atoms with van der Waals surface area (Å²) in [6.07, 6.45) is 0. The van der Waals surface area contributed by atoms with Crippen molar-refractivity contribution in [2.75, 3.05) is 11.9 Å². The van der Waals surface area contributed by atoms with Crippen LogP contribution in [-0.4, -0.2) is 24.3 Å². The van der Waals surface area contributed by atoms with Gasteiger partial charge in [0.2, 0.25) is 0 Å². The van der Waals surface area contributed by atoms with E-state index in [-0.39, 0.29) is 23.9 Å². The third kappa shape index (κ3) is 4.92. The summed E-state index contributed by atoms with van der Waals surface area (Å²) >= 11 is 0. The number of amides is 1. The van der Waals surface area contributed by atoms with Crippen LogP contribution in [0.3, 0.4) is 0 Å². The molecular weight excluding hydrogens is 354 g/mol. The highest BCUT2D eigenvalue weighted by atomic mass is 16.5. The van der Waals surface area contributed by atoms with Crippen molar-refractivity contribution < 1.29 is 19.1 Å². The van der Waals surface area contributed by atoms with Crippen LogP contribution in [0.15, 0.2) is 78.9 Å². The normalized spacial score (nSPS) is 10.2. The van der Waals surface area contributed by atoms with Crippen LogP contribution >= 0.6 is 0 Å². The molecule has 0 fully saturated rings. The van der Waals surface area contributed by atoms with E-state index in [1.807, 2.05) is 19.1 Å². The van der Waals surface area contributed by atoms with Gasteiger partial charge in [0.15, 0.2) is 12.4 Å². The van der Waals surface area contributed by atoms with Crippen LogP contribution in [0.5, 0.6) is 0 Å². The number of benzene rings is 3. The van der Waals surface area contributed by atoms with E-state index in [0.29, 0.717) is 16.8 Å². The number of carbonyl (C=O) groups excluding carboxylic acids is 3. The van der Waals surface area contributed by atoms with E-state index in [0.717, 1.165) is 5.56 Å². The lowest BCUT2D eigenvalue weighted by atomic mass is 10.1. The number of carbonyl (C=O) groups is 3. The van der Waals surface area contributed by atoms with E-state index < -0.39 is 5.97 Å². The molecule has 3 aromatic carbocycles. The van der Waals surface area contributed by atoms with E-state index in [1.165, 1.54) is 6.07 Å². The second-order valence-electron chi connectivity index (χ2n) is 6.27. The molecule has 0 aromatic heterocycles. The average molecular weight is 373 g/mol. The Kier molecular flexibility index (Phi) is 5.97. The van der Waals surface area contributed by atoms with Crippen molar-refractivity contribution in [3.05, 3.63) is 101 Å². The van der Waals surface area contributed by atoms with Crippen LogP contribution in [0, 0.1) is 6.92 Å². The average Bonchev–Trinajstić information content (AvgIpc) is 2.73. The van der Waals surface area contributed by atoms with Gasteiger partial charge in [0.25, 0.3) is 5.91 Å². The molecule has 0 saturated carbocycles. The molecule has 3 rings (SSSR count). The summed E-state index contributed by atoms with van der Waals surface area (Å²) in [6.45, 7) is 1.60.